The van der Waals surface area contributed by atoms with E-state index >= 15 is 0 Å². The summed E-state index contributed by atoms with van der Waals surface area (Å²) in [6.07, 6.45) is 4.19. The van der Waals surface area contributed by atoms with Gasteiger partial charge in [-0.2, -0.15) is 0 Å². The van der Waals surface area contributed by atoms with Crippen LogP contribution in [0.5, 0.6) is 0 Å². The van der Waals surface area contributed by atoms with Crippen LogP contribution in [0.3, 0.4) is 0 Å². The highest BCUT2D eigenvalue weighted by molar-refractivity contribution is 7.10. The van der Waals surface area contributed by atoms with E-state index in [-0.39, 0.29) is 11.5 Å². The van der Waals surface area contributed by atoms with Crippen LogP contribution < -0.4 is 0 Å². The molecule has 1 aliphatic rings. The summed E-state index contributed by atoms with van der Waals surface area (Å²) in [5.41, 5.74) is 1.41. The number of nitrogens with zero attached hydrogens (tertiary/aromatic N) is 1. The van der Waals surface area contributed by atoms with Gasteiger partial charge in [-0.05, 0) is 50.9 Å². The molecule has 0 saturated heterocycles. The number of ketones is 1. The van der Waals surface area contributed by atoms with Gasteiger partial charge in [-0.3, -0.25) is 9.69 Å². The number of aryl methyl sites for hydroxylation is 1. The lowest BCUT2D eigenvalue weighted by Gasteiger charge is -2.49. The van der Waals surface area contributed by atoms with Gasteiger partial charge < -0.3 is 0 Å². The third kappa shape index (κ3) is 2.14. The van der Waals surface area contributed by atoms with Gasteiger partial charge in [0, 0.05) is 16.7 Å². The average molecular weight is 265 g/mol. The van der Waals surface area contributed by atoms with E-state index in [9.17, 15) is 4.79 Å². The Bertz CT molecular complexity index is 431. The van der Waals surface area contributed by atoms with Crippen LogP contribution in [0, 0.1) is 6.92 Å². The van der Waals surface area contributed by atoms with Gasteiger partial charge in [0.25, 0.3) is 0 Å². The Hall–Kier alpha value is -0.670. The van der Waals surface area contributed by atoms with E-state index in [4.69, 9.17) is 0 Å². The van der Waals surface area contributed by atoms with Crippen molar-refractivity contribution in [3.8, 4) is 0 Å². The quantitative estimate of drug-likeness (QED) is 0.813. The van der Waals surface area contributed by atoms with Crippen LogP contribution in [-0.2, 0) is 10.2 Å². The summed E-state index contributed by atoms with van der Waals surface area (Å²) >= 11 is 1.83. The molecule has 1 aliphatic carbocycles. The van der Waals surface area contributed by atoms with E-state index in [1.165, 1.54) is 16.9 Å². The van der Waals surface area contributed by atoms with E-state index in [1.807, 2.05) is 32.4 Å². The van der Waals surface area contributed by atoms with Crippen molar-refractivity contribution in [2.24, 2.45) is 0 Å². The predicted molar refractivity (Wildman–Crippen MR) is 77.4 cm³/mol. The minimum Gasteiger partial charge on any atom is -0.299 e. The van der Waals surface area contributed by atoms with Crippen molar-refractivity contribution in [3.05, 3.63) is 21.9 Å². The summed E-state index contributed by atoms with van der Waals surface area (Å²) in [6.45, 7) is 4.11. The van der Waals surface area contributed by atoms with Gasteiger partial charge in [-0.25, -0.2) is 0 Å². The average Bonchev–Trinajstić information content (AvgIpc) is 2.68. The van der Waals surface area contributed by atoms with Crippen LogP contribution >= 0.6 is 11.3 Å². The molecule has 0 radical (unpaired) electrons. The van der Waals surface area contributed by atoms with Crippen LogP contribution in [-0.4, -0.2) is 30.8 Å². The first-order valence-corrected chi connectivity index (χ1v) is 7.64. The number of hydrogen-bond donors (Lipinski definition) is 0. The van der Waals surface area contributed by atoms with Crippen molar-refractivity contribution in [1.82, 2.24) is 4.90 Å². The molecule has 3 heteroatoms. The highest BCUT2D eigenvalue weighted by Gasteiger charge is 2.49. The second-order valence-corrected chi connectivity index (χ2v) is 6.60. The summed E-state index contributed by atoms with van der Waals surface area (Å²) < 4.78 is 0. The molecule has 1 atom stereocenters. The zero-order chi connectivity index (χ0) is 13.3. The third-order valence-electron chi connectivity index (χ3n) is 4.16. The summed E-state index contributed by atoms with van der Waals surface area (Å²) in [4.78, 5) is 15.9. The maximum Gasteiger partial charge on any atom is 0.150 e. The van der Waals surface area contributed by atoms with Crippen LogP contribution in [0.1, 0.15) is 43.0 Å². The number of hydrogen-bond acceptors (Lipinski definition) is 3. The Balaban J connectivity index is 2.38. The first-order valence-electron chi connectivity index (χ1n) is 6.76. The predicted octanol–water partition coefficient (Wildman–Crippen LogP) is 3.39. The molecule has 1 aromatic heterocycles. The number of rotatable bonds is 5. The van der Waals surface area contributed by atoms with Crippen LogP contribution in [0.4, 0.5) is 0 Å². The van der Waals surface area contributed by atoms with Gasteiger partial charge in [-0.1, -0.05) is 13.3 Å². The molecule has 1 saturated carbocycles. The zero-order valence-corrected chi connectivity index (χ0v) is 12.6. The first-order chi connectivity index (χ1) is 8.51. The molecule has 1 fully saturated rings. The lowest BCUT2D eigenvalue weighted by atomic mass is 9.61. The smallest absolute Gasteiger partial charge is 0.150 e. The molecule has 1 heterocycles. The van der Waals surface area contributed by atoms with E-state index in [0.29, 0.717) is 12.2 Å². The van der Waals surface area contributed by atoms with E-state index in [2.05, 4.69) is 23.3 Å². The maximum atomic E-state index is 12.3. The molecule has 0 amide bonds. The summed E-state index contributed by atoms with van der Waals surface area (Å²) in [5, 5.41) is 2.21. The highest BCUT2D eigenvalue weighted by atomic mass is 32.1. The lowest BCUT2D eigenvalue weighted by Crippen LogP contribution is -2.55. The van der Waals surface area contributed by atoms with Crippen molar-refractivity contribution in [2.75, 3.05) is 14.1 Å². The summed E-state index contributed by atoms with van der Waals surface area (Å²) in [7, 11) is 4.08. The number of carbonyl (C=O) groups is 1. The molecule has 100 valence electrons. The van der Waals surface area contributed by atoms with Gasteiger partial charge in [0.1, 0.15) is 0 Å². The Morgan fingerprint density at radius 1 is 1.50 bits per heavy atom. The molecule has 0 aliphatic heterocycles. The van der Waals surface area contributed by atoms with Crippen molar-refractivity contribution in [3.63, 3.8) is 0 Å². The van der Waals surface area contributed by atoms with E-state index in [1.54, 1.807) is 0 Å². The Morgan fingerprint density at radius 2 is 2.17 bits per heavy atom. The molecule has 0 aromatic carbocycles. The van der Waals surface area contributed by atoms with Gasteiger partial charge >= 0.3 is 0 Å². The topological polar surface area (TPSA) is 20.3 Å². The molecule has 2 nitrogen and oxygen atoms in total. The number of thiophene rings is 1. The maximum absolute atomic E-state index is 12.3. The van der Waals surface area contributed by atoms with E-state index in [0.717, 1.165) is 12.8 Å². The standard InChI is InChI=1S/C15H23NOS/c1-5-12(17)14(16(3)4)15(7-6-8-15)13-9-11(2)10-18-13/h9-10,14H,5-8H2,1-4H3. The zero-order valence-electron chi connectivity index (χ0n) is 11.8. The monoisotopic (exact) mass is 265 g/mol. The second-order valence-electron chi connectivity index (χ2n) is 5.68. The van der Waals surface area contributed by atoms with Crippen LogP contribution in [0.25, 0.3) is 0 Å². The van der Waals surface area contributed by atoms with Crippen molar-refractivity contribution in [2.45, 2.75) is 51.0 Å². The largest absolute Gasteiger partial charge is 0.299 e. The minimum absolute atomic E-state index is 0.0503. The minimum atomic E-state index is 0.0503. The third-order valence-corrected chi connectivity index (χ3v) is 5.43. The Morgan fingerprint density at radius 3 is 2.50 bits per heavy atom. The number of carbonyl (C=O) groups excluding carboxylic acids is 1. The van der Waals surface area contributed by atoms with Crippen molar-refractivity contribution < 1.29 is 4.79 Å². The molecular weight excluding hydrogens is 242 g/mol. The van der Waals surface area contributed by atoms with Gasteiger partial charge in [-0.15, -0.1) is 11.3 Å². The number of Topliss-reactive ketones (excluding diaryl/α,β-unsaturated/α-hetero) is 1. The van der Waals surface area contributed by atoms with Crippen LogP contribution in [0.2, 0.25) is 0 Å². The molecule has 1 unspecified atom stereocenters. The van der Waals surface area contributed by atoms with E-state index < -0.39 is 0 Å². The normalized spacial score (nSPS) is 19.6. The molecule has 2 rings (SSSR count). The van der Waals surface area contributed by atoms with Crippen molar-refractivity contribution in [1.29, 1.82) is 0 Å². The highest BCUT2D eigenvalue weighted by Crippen LogP contribution is 2.50. The fourth-order valence-corrected chi connectivity index (χ4v) is 4.37. The molecule has 0 N–H and O–H groups in total. The van der Waals surface area contributed by atoms with Gasteiger partial charge in [0.15, 0.2) is 5.78 Å². The second kappa shape index (κ2) is 5.14. The van der Waals surface area contributed by atoms with Gasteiger partial charge in [0.2, 0.25) is 0 Å². The first kappa shape index (κ1) is 13.8. The van der Waals surface area contributed by atoms with Crippen molar-refractivity contribution >= 4 is 17.1 Å². The SMILES string of the molecule is CCC(=O)C(N(C)C)C1(c2cc(C)cs2)CCC1. The summed E-state index contributed by atoms with van der Waals surface area (Å²) in [6, 6.07) is 2.33. The van der Waals surface area contributed by atoms with Gasteiger partial charge in [0.05, 0.1) is 6.04 Å². The Kier molecular flexibility index (Phi) is 3.93. The Labute approximate surface area is 114 Å². The fourth-order valence-electron chi connectivity index (χ4n) is 3.19. The molecular formula is C15H23NOS. The summed E-state index contributed by atoms with van der Waals surface area (Å²) in [5.74, 6) is 0.380. The molecule has 1 aromatic rings. The van der Waals surface area contributed by atoms with Crippen LogP contribution in [0.15, 0.2) is 11.4 Å². The molecule has 0 spiro atoms. The number of likely N-dealkylation sites (N-methyl/N-ethyl adjacent to an activating group) is 1. The molecule has 0 bridgehead atoms. The fraction of sp³-hybridized carbons (Fsp3) is 0.667. The lowest BCUT2D eigenvalue weighted by molar-refractivity contribution is -0.127. The molecule has 18 heavy (non-hydrogen) atoms.